The molecule has 0 aliphatic carbocycles. The summed E-state index contributed by atoms with van der Waals surface area (Å²) in [6, 6.07) is 0.381. The summed E-state index contributed by atoms with van der Waals surface area (Å²) in [6.07, 6.45) is 5.05. The Morgan fingerprint density at radius 1 is 1.30 bits per heavy atom. The van der Waals surface area contributed by atoms with E-state index in [-0.39, 0.29) is 29.9 Å². The molecule has 7 nitrogen and oxygen atoms in total. The number of aliphatic imine (C=N–C) groups is 1. The molecule has 1 atom stereocenters. The minimum atomic E-state index is 0. The van der Waals surface area contributed by atoms with E-state index in [1.54, 1.807) is 7.11 Å². The molecular weight excluding hydrogens is 457 g/mol. The van der Waals surface area contributed by atoms with Gasteiger partial charge in [0.05, 0.1) is 6.54 Å². The number of piperidine rings is 1. The number of nitrogens with zero attached hydrogens (tertiary/aromatic N) is 3. The fourth-order valence-corrected chi connectivity index (χ4v) is 3.16. The second-order valence-electron chi connectivity index (χ2n) is 7.02. The quantitative estimate of drug-likeness (QED) is 0.198. The van der Waals surface area contributed by atoms with Crippen LogP contribution in [0.5, 0.6) is 0 Å². The molecule has 0 aromatic rings. The molecule has 1 amide bonds. The van der Waals surface area contributed by atoms with Gasteiger partial charge < -0.3 is 25.2 Å². The van der Waals surface area contributed by atoms with Crippen molar-refractivity contribution in [3.63, 3.8) is 0 Å². The van der Waals surface area contributed by atoms with Crippen molar-refractivity contribution in [3.8, 4) is 0 Å². The molecular formula is C19H40IN5O2. The van der Waals surface area contributed by atoms with E-state index >= 15 is 0 Å². The van der Waals surface area contributed by atoms with Gasteiger partial charge in [0.25, 0.3) is 0 Å². The van der Waals surface area contributed by atoms with Gasteiger partial charge in [-0.05, 0) is 46.6 Å². The first kappa shape index (κ1) is 26.4. The van der Waals surface area contributed by atoms with Crippen LogP contribution >= 0.6 is 24.0 Å². The van der Waals surface area contributed by atoms with Gasteiger partial charge in [0.1, 0.15) is 0 Å². The Balaban J connectivity index is 0.00000676. The van der Waals surface area contributed by atoms with Crippen LogP contribution in [0.4, 0.5) is 0 Å². The fourth-order valence-electron chi connectivity index (χ4n) is 3.16. The highest BCUT2D eigenvalue weighted by molar-refractivity contribution is 14.0. The van der Waals surface area contributed by atoms with Crippen LogP contribution in [0.15, 0.2) is 4.99 Å². The van der Waals surface area contributed by atoms with Crippen LogP contribution in [0, 0.1) is 0 Å². The molecule has 1 rings (SSSR count). The smallest absolute Gasteiger partial charge is 0.224 e. The number of nitrogens with one attached hydrogen (secondary N) is 2. The van der Waals surface area contributed by atoms with Crippen molar-refractivity contribution in [3.05, 3.63) is 0 Å². The summed E-state index contributed by atoms with van der Waals surface area (Å²) in [6.45, 7) is 9.99. The summed E-state index contributed by atoms with van der Waals surface area (Å²) >= 11 is 0. The number of rotatable bonds is 11. The van der Waals surface area contributed by atoms with Crippen molar-refractivity contribution in [2.45, 2.75) is 52.0 Å². The normalized spacial score (nSPS) is 17.6. The largest absolute Gasteiger partial charge is 0.385 e. The molecule has 27 heavy (non-hydrogen) atoms. The highest BCUT2D eigenvalue weighted by Crippen LogP contribution is 2.16. The highest BCUT2D eigenvalue weighted by atomic mass is 127. The predicted molar refractivity (Wildman–Crippen MR) is 123 cm³/mol. The standard InChI is InChI=1S/C19H39N5O2.HI/c1-5-20-19(22-12-15-23(3)13-8-16-26-4)21-11-10-18(25)24-14-7-6-9-17(24)2;/h17H,5-16H2,1-4H3,(H2,20,21,22);1H. The second kappa shape index (κ2) is 16.4. The number of amides is 1. The van der Waals surface area contributed by atoms with E-state index in [0.29, 0.717) is 19.0 Å². The van der Waals surface area contributed by atoms with Gasteiger partial charge >= 0.3 is 0 Å². The Morgan fingerprint density at radius 2 is 2.07 bits per heavy atom. The number of carbonyl (C=O) groups is 1. The molecule has 0 aromatic heterocycles. The van der Waals surface area contributed by atoms with Gasteiger partial charge in [-0.15, -0.1) is 24.0 Å². The molecule has 0 spiro atoms. The Morgan fingerprint density at radius 3 is 2.74 bits per heavy atom. The maximum atomic E-state index is 12.4. The van der Waals surface area contributed by atoms with Gasteiger partial charge in [0.2, 0.25) is 5.91 Å². The number of guanidine groups is 1. The van der Waals surface area contributed by atoms with Crippen molar-refractivity contribution in [1.29, 1.82) is 0 Å². The minimum absolute atomic E-state index is 0. The van der Waals surface area contributed by atoms with Gasteiger partial charge in [-0.1, -0.05) is 0 Å². The van der Waals surface area contributed by atoms with Gasteiger partial charge in [-0.2, -0.15) is 0 Å². The van der Waals surface area contributed by atoms with Gasteiger partial charge in [-0.3, -0.25) is 9.79 Å². The van der Waals surface area contributed by atoms with E-state index in [1.165, 1.54) is 6.42 Å². The molecule has 1 aliphatic heterocycles. The van der Waals surface area contributed by atoms with Crippen LogP contribution < -0.4 is 10.6 Å². The van der Waals surface area contributed by atoms with Crippen LogP contribution in [0.25, 0.3) is 0 Å². The highest BCUT2D eigenvalue weighted by Gasteiger charge is 2.22. The first-order valence-electron chi connectivity index (χ1n) is 10.1. The molecule has 0 aromatic carbocycles. The van der Waals surface area contributed by atoms with E-state index in [1.807, 2.05) is 4.90 Å². The maximum Gasteiger partial charge on any atom is 0.224 e. The molecule has 0 radical (unpaired) electrons. The van der Waals surface area contributed by atoms with Crippen molar-refractivity contribution in [2.24, 2.45) is 4.99 Å². The van der Waals surface area contributed by atoms with Crippen molar-refractivity contribution >= 4 is 35.8 Å². The van der Waals surface area contributed by atoms with Gasteiger partial charge in [-0.25, -0.2) is 0 Å². The SMILES string of the molecule is CCNC(=NCCN(C)CCCOC)NCCC(=O)N1CCCCC1C.I. The lowest BCUT2D eigenvalue weighted by Crippen LogP contribution is -2.44. The number of hydrogen-bond acceptors (Lipinski definition) is 4. The topological polar surface area (TPSA) is 69.2 Å². The number of methoxy groups -OCH3 is 1. The van der Waals surface area contributed by atoms with E-state index in [4.69, 9.17) is 4.74 Å². The molecule has 0 saturated carbocycles. The van der Waals surface area contributed by atoms with E-state index in [2.05, 4.69) is 41.4 Å². The van der Waals surface area contributed by atoms with Crippen molar-refractivity contribution in [2.75, 3.05) is 60.0 Å². The lowest BCUT2D eigenvalue weighted by atomic mass is 10.0. The molecule has 8 heteroatoms. The molecule has 2 N–H and O–H groups in total. The molecule has 1 aliphatic rings. The fraction of sp³-hybridized carbons (Fsp3) is 0.895. The van der Waals surface area contributed by atoms with Gasteiger partial charge in [0, 0.05) is 58.9 Å². The van der Waals surface area contributed by atoms with Crippen molar-refractivity contribution in [1.82, 2.24) is 20.4 Å². The third-order valence-corrected chi connectivity index (χ3v) is 4.74. The summed E-state index contributed by atoms with van der Waals surface area (Å²) in [5.74, 6) is 1.04. The van der Waals surface area contributed by atoms with E-state index in [9.17, 15) is 4.79 Å². The Bertz CT molecular complexity index is 423. The average Bonchev–Trinajstić information content (AvgIpc) is 2.62. The Labute approximate surface area is 182 Å². The van der Waals surface area contributed by atoms with Crippen LogP contribution in [-0.4, -0.2) is 87.7 Å². The summed E-state index contributed by atoms with van der Waals surface area (Å²) in [5, 5.41) is 6.53. The van der Waals surface area contributed by atoms with E-state index in [0.717, 1.165) is 64.6 Å². The monoisotopic (exact) mass is 497 g/mol. The average molecular weight is 497 g/mol. The number of likely N-dealkylation sites (N-methyl/N-ethyl adjacent to an activating group) is 1. The summed E-state index contributed by atoms with van der Waals surface area (Å²) in [7, 11) is 3.83. The second-order valence-corrected chi connectivity index (χ2v) is 7.02. The number of carbonyl (C=O) groups excluding carboxylic acids is 1. The van der Waals surface area contributed by atoms with Crippen LogP contribution in [-0.2, 0) is 9.53 Å². The number of likely N-dealkylation sites (tertiary alicyclic amines) is 1. The van der Waals surface area contributed by atoms with Gasteiger partial charge in [0.15, 0.2) is 5.96 Å². The van der Waals surface area contributed by atoms with Crippen LogP contribution in [0.2, 0.25) is 0 Å². The Hall–Kier alpha value is -0.610. The molecule has 1 heterocycles. The lowest BCUT2D eigenvalue weighted by molar-refractivity contribution is -0.134. The van der Waals surface area contributed by atoms with E-state index < -0.39 is 0 Å². The number of halogens is 1. The molecule has 0 bridgehead atoms. The molecule has 1 fully saturated rings. The van der Waals surface area contributed by atoms with Crippen molar-refractivity contribution < 1.29 is 9.53 Å². The van der Waals surface area contributed by atoms with Crippen LogP contribution in [0.1, 0.15) is 46.0 Å². The molecule has 1 unspecified atom stereocenters. The molecule has 160 valence electrons. The zero-order valence-electron chi connectivity index (χ0n) is 17.6. The Kier molecular flexibility index (Phi) is 16.0. The zero-order chi connectivity index (χ0) is 19.2. The summed E-state index contributed by atoms with van der Waals surface area (Å²) in [4.78, 5) is 21.3. The lowest BCUT2D eigenvalue weighted by Gasteiger charge is -2.33. The third kappa shape index (κ3) is 11.7. The third-order valence-electron chi connectivity index (χ3n) is 4.74. The summed E-state index contributed by atoms with van der Waals surface area (Å²) in [5.41, 5.74) is 0. The number of hydrogen-bond donors (Lipinski definition) is 2. The maximum absolute atomic E-state index is 12.4. The number of ether oxygens (including phenoxy) is 1. The zero-order valence-corrected chi connectivity index (χ0v) is 20.0. The predicted octanol–water partition coefficient (Wildman–Crippen LogP) is 1.92. The first-order chi connectivity index (χ1) is 12.6. The minimum Gasteiger partial charge on any atom is -0.385 e. The first-order valence-corrected chi connectivity index (χ1v) is 10.1. The molecule has 1 saturated heterocycles. The van der Waals surface area contributed by atoms with Crippen LogP contribution in [0.3, 0.4) is 0 Å². The summed E-state index contributed by atoms with van der Waals surface area (Å²) < 4.78 is 5.08.